The number of aromatic nitrogens is 1. The van der Waals surface area contributed by atoms with Crippen molar-refractivity contribution in [1.29, 1.82) is 0 Å². The first-order chi connectivity index (χ1) is 8.06. The SMILES string of the molecule is OCc1c(C(F)(F)F)ncc(OC(F)(F)F)c1I. The Hall–Kier alpha value is -0.780. The average Bonchev–Trinajstić information content (AvgIpc) is 2.17. The molecular formula is C8H4F6INO2. The maximum absolute atomic E-state index is 12.4. The lowest BCUT2D eigenvalue weighted by molar-refractivity contribution is -0.275. The van der Waals surface area contributed by atoms with E-state index in [0.717, 1.165) is 0 Å². The summed E-state index contributed by atoms with van der Waals surface area (Å²) < 4.78 is 76.2. The summed E-state index contributed by atoms with van der Waals surface area (Å²) in [6.07, 6.45) is -9.60. The Balaban J connectivity index is 3.29. The number of aliphatic hydroxyl groups is 1. The van der Waals surface area contributed by atoms with Gasteiger partial charge in [0.2, 0.25) is 0 Å². The number of nitrogens with zero attached hydrogens (tertiary/aromatic N) is 1. The van der Waals surface area contributed by atoms with Gasteiger partial charge in [0, 0.05) is 5.56 Å². The fourth-order valence-electron chi connectivity index (χ4n) is 1.09. The van der Waals surface area contributed by atoms with E-state index in [1.807, 2.05) is 0 Å². The van der Waals surface area contributed by atoms with Crippen LogP contribution in [-0.2, 0) is 12.8 Å². The van der Waals surface area contributed by atoms with Crippen LogP contribution in [0.5, 0.6) is 5.75 Å². The second-order valence-electron chi connectivity index (χ2n) is 2.97. The molecule has 0 aromatic carbocycles. The monoisotopic (exact) mass is 387 g/mol. The van der Waals surface area contributed by atoms with E-state index in [0.29, 0.717) is 6.20 Å². The van der Waals surface area contributed by atoms with Gasteiger partial charge >= 0.3 is 12.5 Å². The van der Waals surface area contributed by atoms with Crippen molar-refractivity contribution >= 4 is 22.6 Å². The van der Waals surface area contributed by atoms with E-state index in [-0.39, 0.29) is 0 Å². The molecule has 0 saturated heterocycles. The van der Waals surface area contributed by atoms with Gasteiger partial charge in [0.25, 0.3) is 0 Å². The molecule has 0 unspecified atom stereocenters. The molecule has 102 valence electrons. The number of pyridine rings is 1. The molecule has 18 heavy (non-hydrogen) atoms. The van der Waals surface area contributed by atoms with Gasteiger partial charge in [0.1, 0.15) is 0 Å². The van der Waals surface area contributed by atoms with Crippen molar-refractivity contribution in [2.24, 2.45) is 0 Å². The highest BCUT2D eigenvalue weighted by atomic mass is 127. The van der Waals surface area contributed by atoms with E-state index >= 15 is 0 Å². The molecule has 1 heterocycles. The molecule has 1 N–H and O–H groups in total. The van der Waals surface area contributed by atoms with Crippen molar-refractivity contribution in [3.63, 3.8) is 0 Å². The van der Waals surface area contributed by atoms with E-state index in [2.05, 4.69) is 9.72 Å². The van der Waals surface area contributed by atoms with E-state index in [1.54, 1.807) is 0 Å². The molecular weight excluding hydrogens is 383 g/mol. The fourth-order valence-corrected chi connectivity index (χ4v) is 1.77. The summed E-state index contributed by atoms with van der Waals surface area (Å²) >= 11 is 1.22. The van der Waals surface area contributed by atoms with Crippen LogP contribution in [0.1, 0.15) is 11.3 Å². The number of halogens is 7. The third-order valence-corrected chi connectivity index (χ3v) is 2.91. The van der Waals surface area contributed by atoms with E-state index in [1.165, 1.54) is 22.6 Å². The zero-order valence-corrected chi connectivity index (χ0v) is 10.4. The Bertz CT molecular complexity index is 444. The fraction of sp³-hybridized carbons (Fsp3) is 0.375. The first-order valence-electron chi connectivity index (χ1n) is 4.17. The Morgan fingerprint density at radius 3 is 2.17 bits per heavy atom. The number of rotatable bonds is 2. The molecule has 0 atom stereocenters. The molecule has 0 saturated carbocycles. The first-order valence-corrected chi connectivity index (χ1v) is 5.25. The number of alkyl halides is 6. The third kappa shape index (κ3) is 3.60. The largest absolute Gasteiger partial charge is 0.573 e. The normalized spacial score (nSPS) is 12.7. The Morgan fingerprint density at radius 2 is 1.78 bits per heavy atom. The van der Waals surface area contributed by atoms with Gasteiger partial charge in [-0.1, -0.05) is 0 Å². The smallest absolute Gasteiger partial charge is 0.403 e. The predicted octanol–water partition coefficient (Wildman–Crippen LogP) is 3.10. The van der Waals surface area contributed by atoms with Crippen molar-refractivity contribution in [2.45, 2.75) is 19.1 Å². The predicted molar refractivity (Wildman–Crippen MR) is 54.6 cm³/mol. The van der Waals surface area contributed by atoms with Crippen molar-refractivity contribution < 1.29 is 36.2 Å². The van der Waals surface area contributed by atoms with Crippen LogP contribution in [0.25, 0.3) is 0 Å². The molecule has 0 aliphatic heterocycles. The number of hydrogen-bond donors (Lipinski definition) is 1. The first kappa shape index (κ1) is 15.3. The lowest BCUT2D eigenvalue weighted by Crippen LogP contribution is -2.20. The highest BCUT2D eigenvalue weighted by molar-refractivity contribution is 14.1. The van der Waals surface area contributed by atoms with Gasteiger partial charge in [0.15, 0.2) is 11.4 Å². The van der Waals surface area contributed by atoms with E-state index in [4.69, 9.17) is 5.11 Å². The summed E-state index contributed by atoms with van der Waals surface area (Å²) in [4.78, 5) is 2.85. The zero-order valence-electron chi connectivity index (χ0n) is 8.23. The van der Waals surface area contributed by atoms with Gasteiger partial charge in [-0.15, -0.1) is 13.2 Å². The summed E-state index contributed by atoms with van der Waals surface area (Å²) in [5, 5.41) is 8.80. The molecule has 0 spiro atoms. The standard InChI is InChI=1S/C8H4F6INO2/c9-7(10,11)6-3(2-17)5(15)4(1-16-6)18-8(12,13)14/h1,17H,2H2. The second-order valence-corrected chi connectivity index (χ2v) is 4.05. The molecule has 0 aliphatic rings. The van der Waals surface area contributed by atoms with Gasteiger partial charge in [-0.3, -0.25) is 0 Å². The molecule has 0 bridgehead atoms. The molecule has 0 fully saturated rings. The number of ether oxygens (including phenoxy) is 1. The minimum atomic E-state index is -5.05. The summed E-state index contributed by atoms with van der Waals surface area (Å²) in [6.45, 7) is -1.10. The molecule has 0 aliphatic carbocycles. The molecule has 3 nitrogen and oxygen atoms in total. The van der Waals surface area contributed by atoms with Crippen LogP contribution in [0, 0.1) is 3.57 Å². The summed E-state index contributed by atoms with van der Waals surface area (Å²) in [6, 6.07) is 0. The third-order valence-electron chi connectivity index (χ3n) is 1.73. The minimum absolute atomic E-state index is 0.317. The molecule has 1 aromatic heterocycles. The molecule has 0 radical (unpaired) electrons. The molecule has 1 rings (SSSR count). The van der Waals surface area contributed by atoms with Crippen LogP contribution in [-0.4, -0.2) is 16.5 Å². The van der Waals surface area contributed by atoms with Crippen LogP contribution < -0.4 is 4.74 Å². The van der Waals surface area contributed by atoms with Gasteiger partial charge in [-0.25, -0.2) is 4.98 Å². The van der Waals surface area contributed by atoms with Crippen molar-refractivity contribution in [1.82, 2.24) is 4.98 Å². The summed E-state index contributed by atoms with van der Waals surface area (Å²) in [7, 11) is 0. The quantitative estimate of drug-likeness (QED) is 0.627. The van der Waals surface area contributed by atoms with Gasteiger partial charge < -0.3 is 9.84 Å². The maximum atomic E-state index is 12.4. The topological polar surface area (TPSA) is 42.4 Å². The Morgan fingerprint density at radius 1 is 1.22 bits per heavy atom. The van der Waals surface area contributed by atoms with Gasteiger partial charge in [-0.2, -0.15) is 13.2 Å². The molecule has 10 heteroatoms. The van der Waals surface area contributed by atoms with Crippen LogP contribution >= 0.6 is 22.6 Å². The van der Waals surface area contributed by atoms with Crippen LogP contribution in [0.15, 0.2) is 6.20 Å². The van der Waals surface area contributed by atoms with Crippen molar-refractivity contribution in [3.05, 3.63) is 21.0 Å². The van der Waals surface area contributed by atoms with Crippen molar-refractivity contribution in [3.8, 4) is 5.75 Å². The van der Waals surface area contributed by atoms with E-state index < -0.39 is 39.7 Å². The second kappa shape index (κ2) is 5.07. The summed E-state index contributed by atoms with van der Waals surface area (Å²) in [5.41, 5.74) is -2.20. The van der Waals surface area contributed by atoms with Crippen LogP contribution in [0.3, 0.4) is 0 Å². The van der Waals surface area contributed by atoms with Gasteiger partial charge in [0.05, 0.1) is 16.4 Å². The lowest BCUT2D eigenvalue weighted by atomic mass is 10.2. The number of hydrogen-bond acceptors (Lipinski definition) is 3. The molecule has 0 amide bonds. The number of aliphatic hydroxyl groups excluding tert-OH is 1. The summed E-state index contributed by atoms with van der Waals surface area (Å²) in [5.74, 6) is -0.889. The van der Waals surface area contributed by atoms with Crippen LogP contribution in [0.4, 0.5) is 26.3 Å². The maximum Gasteiger partial charge on any atom is 0.573 e. The van der Waals surface area contributed by atoms with Crippen LogP contribution in [0.2, 0.25) is 0 Å². The molecule has 1 aromatic rings. The minimum Gasteiger partial charge on any atom is -0.403 e. The zero-order chi connectivity index (χ0) is 14.1. The Kier molecular flexibility index (Phi) is 4.30. The lowest BCUT2D eigenvalue weighted by Gasteiger charge is -2.15. The van der Waals surface area contributed by atoms with Gasteiger partial charge in [-0.05, 0) is 22.6 Å². The van der Waals surface area contributed by atoms with Crippen molar-refractivity contribution in [2.75, 3.05) is 0 Å². The Labute approximate surface area is 110 Å². The van der Waals surface area contributed by atoms with E-state index in [9.17, 15) is 26.3 Å². The highest BCUT2D eigenvalue weighted by Gasteiger charge is 2.38. The average molecular weight is 387 g/mol. The highest BCUT2D eigenvalue weighted by Crippen LogP contribution is 2.36.